The summed E-state index contributed by atoms with van der Waals surface area (Å²) in [6.07, 6.45) is 8.17. The summed E-state index contributed by atoms with van der Waals surface area (Å²) in [5.74, 6) is 0.202. The van der Waals surface area contributed by atoms with Gasteiger partial charge in [0.25, 0.3) is 5.91 Å². The summed E-state index contributed by atoms with van der Waals surface area (Å²) in [5, 5.41) is 2.93. The summed E-state index contributed by atoms with van der Waals surface area (Å²) >= 11 is 0. The zero-order valence-corrected chi connectivity index (χ0v) is 15.8. The van der Waals surface area contributed by atoms with Crippen LogP contribution in [0.5, 0.6) is 5.75 Å². The Labute approximate surface area is 159 Å². The maximum atomic E-state index is 12.2. The zero-order valence-electron chi connectivity index (χ0n) is 15.8. The molecule has 6 heteroatoms. The molecule has 2 amide bonds. The van der Waals surface area contributed by atoms with Crippen molar-refractivity contribution < 1.29 is 19.1 Å². The van der Waals surface area contributed by atoms with E-state index in [1.54, 1.807) is 18.2 Å². The minimum Gasteiger partial charge on any atom is -0.482 e. The van der Waals surface area contributed by atoms with Gasteiger partial charge in [0.15, 0.2) is 12.4 Å². The second-order valence-electron chi connectivity index (χ2n) is 7.03. The van der Waals surface area contributed by atoms with Gasteiger partial charge in [0, 0.05) is 25.1 Å². The number of hydrogen-bond acceptors (Lipinski definition) is 4. The fraction of sp³-hybridized carbons (Fsp3) is 0.476. The van der Waals surface area contributed by atoms with E-state index >= 15 is 0 Å². The highest BCUT2D eigenvalue weighted by atomic mass is 16.5. The summed E-state index contributed by atoms with van der Waals surface area (Å²) in [5.41, 5.74) is 2.50. The van der Waals surface area contributed by atoms with Gasteiger partial charge >= 0.3 is 0 Å². The van der Waals surface area contributed by atoms with E-state index in [2.05, 4.69) is 11.4 Å². The minimum absolute atomic E-state index is 0.0534. The Morgan fingerprint density at radius 2 is 2.11 bits per heavy atom. The molecular formula is C21H26N2O4. The Morgan fingerprint density at radius 1 is 1.26 bits per heavy atom. The number of allylic oxidation sites excluding steroid dienone is 1. The zero-order chi connectivity index (χ0) is 19.2. The molecule has 1 aliphatic carbocycles. The summed E-state index contributed by atoms with van der Waals surface area (Å²) in [7, 11) is 0. The highest BCUT2D eigenvalue weighted by molar-refractivity contribution is 6.01. The number of nitrogens with zero attached hydrogens (tertiary/aromatic N) is 1. The number of nitrogens with one attached hydrogen (secondary N) is 1. The van der Waals surface area contributed by atoms with Crippen LogP contribution in [0.2, 0.25) is 0 Å². The van der Waals surface area contributed by atoms with Crippen LogP contribution in [0.4, 0.5) is 5.69 Å². The fourth-order valence-corrected chi connectivity index (χ4v) is 3.46. The van der Waals surface area contributed by atoms with Crippen LogP contribution in [0.15, 0.2) is 29.8 Å². The van der Waals surface area contributed by atoms with Crippen LogP contribution in [0, 0.1) is 0 Å². The van der Waals surface area contributed by atoms with Crippen LogP contribution >= 0.6 is 0 Å². The van der Waals surface area contributed by atoms with E-state index in [9.17, 15) is 14.4 Å². The van der Waals surface area contributed by atoms with Crippen molar-refractivity contribution in [3.8, 4) is 5.75 Å². The Bertz CT molecular complexity index is 769. The van der Waals surface area contributed by atoms with Crippen molar-refractivity contribution in [2.24, 2.45) is 0 Å². The van der Waals surface area contributed by atoms with Crippen LogP contribution in [0.3, 0.4) is 0 Å². The van der Waals surface area contributed by atoms with E-state index in [0.717, 1.165) is 19.3 Å². The third kappa shape index (κ3) is 4.96. The maximum absolute atomic E-state index is 12.2. The molecule has 2 aliphatic rings. The lowest BCUT2D eigenvalue weighted by molar-refractivity contribution is -0.122. The van der Waals surface area contributed by atoms with Gasteiger partial charge in [-0.05, 0) is 57.2 Å². The minimum atomic E-state index is -0.205. The van der Waals surface area contributed by atoms with Crippen LogP contribution in [-0.2, 0) is 9.59 Å². The predicted molar refractivity (Wildman–Crippen MR) is 103 cm³/mol. The van der Waals surface area contributed by atoms with Crippen LogP contribution in [0.25, 0.3) is 0 Å². The largest absolute Gasteiger partial charge is 0.482 e. The number of hydrogen-bond donors (Lipinski definition) is 1. The highest BCUT2D eigenvalue weighted by Gasteiger charge is 2.26. The Hall–Kier alpha value is -2.63. The number of ketones is 1. The van der Waals surface area contributed by atoms with Gasteiger partial charge in [0.05, 0.1) is 5.69 Å². The van der Waals surface area contributed by atoms with Crippen molar-refractivity contribution in [1.82, 2.24) is 5.32 Å². The number of carbonyl (C=O) groups is 3. The molecule has 6 nitrogen and oxygen atoms in total. The number of benzene rings is 1. The van der Waals surface area contributed by atoms with Crippen molar-refractivity contribution >= 4 is 23.3 Å². The van der Waals surface area contributed by atoms with E-state index < -0.39 is 0 Å². The molecular weight excluding hydrogens is 344 g/mol. The summed E-state index contributed by atoms with van der Waals surface area (Å²) in [4.78, 5) is 37.6. The van der Waals surface area contributed by atoms with Crippen molar-refractivity contribution in [3.05, 3.63) is 35.4 Å². The molecule has 1 aromatic rings. The second kappa shape index (κ2) is 8.84. The molecule has 0 fully saturated rings. The molecule has 0 bridgehead atoms. The number of rotatable bonds is 7. The summed E-state index contributed by atoms with van der Waals surface area (Å²) < 4.78 is 5.43. The van der Waals surface area contributed by atoms with Crippen LogP contribution < -0.4 is 15.0 Å². The van der Waals surface area contributed by atoms with Crippen molar-refractivity contribution in [2.45, 2.75) is 45.4 Å². The molecule has 3 rings (SSSR count). The van der Waals surface area contributed by atoms with Gasteiger partial charge in [0.1, 0.15) is 5.75 Å². The lowest BCUT2D eigenvalue weighted by atomic mass is 9.97. The molecule has 144 valence electrons. The Kier molecular flexibility index (Phi) is 6.27. The quantitative estimate of drug-likeness (QED) is 0.591. The molecule has 0 atom stereocenters. The van der Waals surface area contributed by atoms with E-state index in [4.69, 9.17) is 4.74 Å². The second-order valence-corrected chi connectivity index (χ2v) is 7.03. The average molecular weight is 370 g/mol. The van der Waals surface area contributed by atoms with Crippen molar-refractivity contribution in [2.75, 3.05) is 24.6 Å². The lowest BCUT2D eigenvalue weighted by Crippen LogP contribution is -2.41. The first kappa shape index (κ1) is 19.1. The van der Waals surface area contributed by atoms with Gasteiger partial charge in [-0.3, -0.25) is 14.4 Å². The number of carbonyl (C=O) groups excluding carboxylic acids is 3. The van der Waals surface area contributed by atoms with Gasteiger partial charge in [-0.2, -0.15) is 0 Å². The fourth-order valence-electron chi connectivity index (χ4n) is 3.46. The van der Waals surface area contributed by atoms with Gasteiger partial charge in [-0.25, -0.2) is 0 Å². The Balaban J connectivity index is 1.55. The number of ether oxygens (including phenoxy) is 1. The molecule has 0 unspecified atom stereocenters. The summed E-state index contributed by atoms with van der Waals surface area (Å²) in [6.45, 7) is 2.33. The van der Waals surface area contributed by atoms with E-state index in [0.29, 0.717) is 23.5 Å². The van der Waals surface area contributed by atoms with Crippen LogP contribution in [0.1, 0.15) is 55.8 Å². The predicted octanol–water partition coefficient (Wildman–Crippen LogP) is 3.01. The molecule has 1 aliphatic heterocycles. The first-order valence-corrected chi connectivity index (χ1v) is 9.57. The molecule has 0 aromatic heterocycles. The topological polar surface area (TPSA) is 75.7 Å². The van der Waals surface area contributed by atoms with Crippen molar-refractivity contribution in [3.63, 3.8) is 0 Å². The molecule has 0 saturated heterocycles. The summed E-state index contributed by atoms with van der Waals surface area (Å²) in [6, 6.07) is 5.04. The molecule has 0 saturated carbocycles. The number of anilines is 1. The van der Waals surface area contributed by atoms with Gasteiger partial charge in [0.2, 0.25) is 5.91 Å². The standard InChI is InChI=1S/C21H26N2O4/c1-15(24)17-7-8-19-18(13-17)23(21(26)14-27-19)12-10-20(25)22-11-9-16-5-3-2-4-6-16/h5,7-8,13H,2-4,6,9-12,14H2,1H3,(H,22,25). The maximum Gasteiger partial charge on any atom is 0.265 e. The SMILES string of the molecule is CC(=O)c1ccc2c(c1)N(CCC(=O)NCCC1=CCCCC1)C(=O)CO2. The van der Waals surface area contributed by atoms with Crippen molar-refractivity contribution in [1.29, 1.82) is 0 Å². The van der Waals surface area contributed by atoms with Gasteiger partial charge < -0.3 is 15.0 Å². The monoisotopic (exact) mass is 370 g/mol. The van der Waals surface area contributed by atoms with Gasteiger partial charge in [-0.1, -0.05) is 11.6 Å². The van der Waals surface area contributed by atoms with Gasteiger partial charge in [-0.15, -0.1) is 0 Å². The Morgan fingerprint density at radius 3 is 2.85 bits per heavy atom. The van der Waals surface area contributed by atoms with E-state index in [-0.39, 0.29) is 37.2 Å². The number of Topliss-reactive ketones (excluding diaryl/α,β-unsaturated/α-hetero) is 1. The van der Waals surface area contributed by atoms with E-state index in [1.807, 2.05) is 0 Å². The molecule has 0 spiro atoms. The first-order valence-electron chi connectivity index (χ1n) is 9.57. The molecule has 0 radical (unpaired) electrons. The highest BCUT2D eigenvalue weighted by Crippen LogP contribution is 2.33. The number of amides is 2. The molecule has 1 N–H and O–H groups in total. The molecule has 27 heavy (non-hydrogen) atoms. The lowest BCUT2D eigenvalue weighted by Gasteiger charge is -2.29. The average Bonchev–Trinajstić information content (AvgIpc) is 2.67. The molecule has 1 aromatic carbocycles. The number of fused-ring (bicyclic) bond motifs is 1. The first-order chi connectivity index (χ1) is 13.0. The smallest absolute Gasteiger partial charge is 0.265 e. The van der Waals surface area contributed by atoms with E-state index in [1.165, 1.54) is 30.2 Å². The van der Waals surface area contributed by atoms with Crippen LogP contribution in [-0.4, -0.2) is 37.3 Å². The third-order valence-electron chi connectivity index (χ3n) is 5.02. The normalized spacial score (nSPS) is 16.3. The third-order valence-corrected chi connectivity index (χ3v) is 5.02. The molecule has 1 heterocycles.